The summed E-state index contributed by atoms with van der Waals surface area (Å²) in [5, 5.41) is 10.5. The molecule has 1 aliphatic carbocycles. The van der Waals surface area contributed by atoms with E-state index in [4.69, 9.17) is 9.47 Å². The van der Waals surface area contributed by atoms with Crippen LogP contribution in [0.3, 0.4) is 0 Å². The van der Waals surface area contributed by atoms with Crippen LogP contribution in [0.2, 0.25) is 0 Å². The molecule has 74 valence electrons. The van der Waals surface area contributed by atoms with E-state index in [1.165, 1.54) is 0 Å². The Morgan fingerprint density at radius 2 is 2.00 bits per heavy atom. The second-order valence-electron chi connectivity index (χ2n) is 4.76. The molecule has 3 nitrogen and oxygen atoms in total. The minimum Gasteiger partial charge on any atom is -0.389 e. The summed E-state index contributed by atoms with van der Waals surface area (Å²) in [7, 11) is 0. The van der Waals surface area contributed by atoms with Gasteiger partial charge in [-0.2, -0.15) is 0 Å². The van der Waals surface area contributed by atoms with E-state index in [0.717, 1.165) is 12.8 Å². The molecule has 3 heterocycles. The first kappa shape index (κ1) is 8.21. The summed E-state index contributed by atoms with van der Waals surface area (Å²) in [6.07, 6.45) is 1.92. The number of rotatable bonds is 0. The van der Waals surface area contributed by atoms with Crippen molar-refractivity contribution >= 4 is 0 Å². The van der Waals surface area contributed by atoms with Gasteiger partial charge in [0.2, 0.25) is 0 Å². The van der Waals surface area contributed by atoms with Crippen LogP contribution in [0.5, 0.6) is 0 Å². The van der Waals surface area contributed by atoms with Crippen molar-refractivity contribution in [1.82, 2.24) is 0 Å². The lowest BCUT2D eigenvalue weighted by Crippen LogP contribution is -2.61. The van der Waals surface area contributed by atoms with Gasteiger partial charge in [0.05, 0.1) is 18.8 Å². The number of aliphatic hydroxyl groups is 1. The molecule has 3 aliphatic heterocycles. The third-order valence-corrected chi connectivity index (χ3v) is 4.11. The minimum absolute atomic E-state index is 0.132. The third-order valence-electron chi connectivity index (χ3n) is 4.11. The lowest BCUT2D eigenvalue weighted by atomic mass is 9.73. The van der Waals surface area contributed by atoms with E-state index in [1.54, 1.807) is 0 Å². The molecule has 1 saturated carbocycles. The molecule has 2 bridgehead atoms. The van der Waals surface area contributed by atoms with Gasteiger partial charge in [-0.1, -0.05) is 6.92 Å². The third kappa shape index (κ3) is 0.901. The van der Waals surface area contributed by atoms with Crippen LogP contribution in [0.25, 0.3) is 0 Å². The Hall–Kier alpha value is -0.120. The molecule has 0 amide bonds. The van der Waals surface area contributed by atoms with Gasteiger partial charge >= 0.3 is 0 Å². The smallest absolute Gasteiger partial charge is 0.163 e. The van der Waals surface area contributed by atoms with Crippen molar-refractivity contribution in [3.8, 4) is 0 Å². The second kappa shape index (κ2) is 2.47. The molecule has 4 rings (SSSR count). The molecule has 13 heavy (non-hydrogen) atoms. The van der Waals surface area contributed by atoms with Crippen LogP contribution >= 0.6 is 0 Å². The summed E-state index contributed by atoms with van der Waals surface area (Å²) in [4.78, 5) is 0. The fraction of sp³-hybridized carbons (Fsp3) is 1.00. The normalized spacial score (nSPS) is 59.5. The molecular formula is C10H16O3. The van der Waals surface area contributed by atoms with Crippen molar-refractivity contribution in [1.29, 1.82) is 0 Å². The van der Waals surface area contributed by atoms with Gasteiger partial charge in [-0.3, -0.25) is 0 Å². The van der Waals surface area contributed by atoms with Crippen LogP contribution in [-0.4, -0.2) is 30.2 Å². The number of hydrogen-bond donors (Lipinski definition) is 1. The summed E-state index contributed by atoms with van der Waals surface area (Å²) in [6, 6.07) is 0. The predicted octanol–water partition coefficient (Wildman–Crippen LogP) is 0.766. The first-order valence-electron chi connectivity index (χ1n) is 5.17. The highest BCUT2D eigenvalue weighted by atomic mass is 16.7. The topological polar surface area (TPSA) is 38.7 Å². The van der Waals surface area contributed by atoms with Crippen molar-refractivity contribution in [3.63, 3.8) is 0 Å². The quantitative estimate of drug-likeness (QED) is 0.604. The highest BCUT2D eigenvalue weighted by molar-refractivity contribution is 5.06. The van der Waals surface area contributed by atoms with E-state index in [2.05, 4.69) is 6.92 Å². The predicted molar refractivity (Wildman–Crippen MR) is 46.0 cm³/mol. The van der Waals surface area contributed by atoms with Crippen LogP contribution in [0.4, 0.5) is 0 Å². The van der Waals surface area contributed by atoms with Gasteiger partial charge in [-0.25, -0.2) is 0 Å². The lowest BCUT2D eigenvalue weighted by Gasteiger charge is -2.51. The van der Waals surface area contributed by atoms with Crippen molar-refractivity contribution in [2.75, 3.05) is 13.2 Å². The maximum atomic E-state index is 10.5. The molecule has 0 radical (unpaired) electrons. The van der Waals surface area contributed by atoms with E-state index < -0.39 is 5.60 Å². The number of hydrogen-bond acceptors (Lipinski definition) is 3. The van der Waals surface area contributed by atoms with E-state index in [1.807, 2.05) is 0 Å². The van der Waals surface area contributed by atoms with E-state index in [-0.39, 0.29) is 18.1 Å². The molecule has 0 aromatic rings. The molecular weight excluding hydrogens is 168 g/mol. The average Bonchev–Trinajstić information content (AvgIpc) is 2.47. The van der Waals surface area contributed by atoms with Gasteiger partial charge in [-0.05, 0) is 18.8 Å². The van der Waals surface area contributed by atoms with Crippen LogP contribution in [0.15, 0.2) is 0 Å². The van der Waals surface area contributed by atoms with Crippen molar-refractivity contribution in [3.05, 3.63) is 0 Å². The largest absolute Gasteiger partial charge is 0.389 e. The van der Waals surface area contributed by atoms with Crippen LogP contribution in [0, 0.1) is 17.8 Å². The van der Waals surface area contributed by atoms with Crippen molar-refractivity contribution in [2.24, 2.45) is 17.8 Å². The van der Waals surface area contributed by atoms with Gasteiger partial charge in [-0.15, -0.1) is 0 Å². The zero-order chi connectivity index (χ0) is 9.05. The maximum absolute atomic E-state index is 10.5. The zero-order valence-electron chi connectivity index (χ0n) is 7.90. The summed E-state index contributed by atoms with van der Waals surface area (Å²) >= 11 is 0. The van der Waals surface area contributed by atoms with Crippen molar-refractivity contribution in [2.45, 2.75) is 31.7 Å². The summed E-state index contributed by atoms with van der Waals surface area (Å²) in [5.74, 6) is 0.977. The van der Waals surface area contributed by atoms with Gasteiger partial charge in [0, 0.05) is 11.8 Å². The molecule has 4 fully saturated rings. The van der Waals surface area contributed by atoms with Crippen LogP contribution in [-0.2, 0) is 9.47 Å². The Bertz CT molecular complexity index is 222. The maximum Gasteiger partial charge on any atom is 0.163 e. The highest BCUT2D eigenvalue weighted by Crippen LogP contribution is 2.52. The molecule has 4 aliphatic rings. The van der Waals surface area contributed by atoms with E-state index in [0.29, 0.717) is 19.1 Å². The minimum atomic E-state index is -0.472. The Labute approximate surface area is 78.0 Å². The standard InChI is InChI=1S/C10H16O3/c1-6-2-3-10(11)7-4-12-9(8(6)10)13-5-7/h6-9,11H,2-5H2,1H3. The monoisotopic (exact) mass is 184 g/mol. The fourth-order valence-electron chi connectivity index (χ4n) is 3.29. The Morgan fingerprint density at radius 1 is 1.31 bits per heavy atom. The Balaban J connectivity index is 1.98. The second-order valence-corrected chi connectivity index (χ2v) is 4.76. The molecule has 0 aromatic carbocycles. The van der Waals surface area contributed by atoms with Crippen LogP contribution < -0.4 is 0 Å². The number of fused-ring (bicyclic) bond motifs is 2. The fourth-order valence-corrected chi connectivity index (χ4v) is 3.29. The summed E-state index contributed by atoms with van der Waals surface area (Å²) in [5.41, 5.74) is -0.472. The molecule has 1 N–H and O–H groups in total. The molecule has 3 unspecified atom stereocenters. The molecule has 0 aromatic heterocycles. The van der Waals surface area contributed by atoms with E-state index in [9.17, 15) is 5.11 Å². The van der Waals surface area contributed by atoms with Gasteiger partial charge in [0.25, 0.3) is 0 Å². The van der Waals surface area contributed by atoms with Gasteiger partial charge in [0.15, 0.2) is 6.29 Å². The summed E-state index contributed by atoms with van der Waals surface area (Å²) in [6.45, 7) is 3.56. The molecule has 3 atom stereocenters. The Morgan fingerprint density at radius 3 is 2.62 bits per heavy atom. The first-order valence-corrected chi connectivity index (χ1v) is 5.17. The number of ether oxygens (including phenoxy) is 2. The van der Waals surface area contributed by atoms with Gasteiger partial charge in [0.1, 0.15) is 0 Å². The lowest BCUT2D eigenvalue weighted by molar-refractivity contribution is -0.327. The molecule has 3 saturated heterocycles. The summed E-state index contributed by atoms with van der Waals surface area (Å²) < 4.78 is 11.1. The molecule has 3 heteroatoms. The first-order chi connectivity index (χ1) is 6.22. The molecule has 0 spiro atoms. The highest BCUT2D eigenvalue weighted by Gasteiger charge is 2.60. The van der Waals surface area contributed by atoms with Crippen LogP contribution in [0.1, 0.15) is 19.8 Å². The zero-order valence-corrected chi connectivity index (χ0v) is 7.90. The average molecular weight is 184 g/mol. The van der Waals surface area contributed by atoms with E-state index >= 15 is 0 Å². The van der Waals surface area contributed by atoms with Crippen molar-refractivity contribution < 1.29 is 14.6 Å². The Kier molecular flexibility index (Phi) is 1.56. The SMILES string of the molecule is CC1CCC2(O)C3COC(OC3)C12. The van der Waals surface area contributed by atoms with Gasteiger partial charge < -0.3 is 14.6 Å².